The third-order valence-electron chi connectivity index (χ3n) is 7.78. The van der Waals surface area contributed by atoms with E-state index in [0.29, 0.717) is 33.0 Å². The molecule has 0 aliphatic carbocycles. The first-order chi connectivity index (χ1) is 21.2. The van der Waals surface area contributed by atoms with Crippen LogP contribution in [0.1, 0.15) is 36.3 Å². The molecular weight excluding hydrogens is 548 g/mol. The highest BCUT2D eigenvalue weighted by molar-refractivity contribution is 5.97. The molecule has 9 nitrogen and oxygen atoms in total. The molecule has 230 valence electrons. The van der Waals surface area contributed by atoms with Crippen molar-refractivity contribution in [3.8, 4) is 23.0 Å². The number of para-hydroxylation sites is 2. The van der Waals surface area contributed by atoms with Crippen LogP contribution < -0.4 is 29.2 Å². The number of hydrogen-bond donors (Lipinski definition) is 1. The molecule has 2 unspecified atom stereocenters. The van der Waals surface area contributed by atoms with Gasteiger partial charge < -0.3 is 38.6 Å². The highest BCUT2D eigenvalue weighted by atomic mass is 16.5. The van der Waals surface area contributed by atoms with Gasteiger partial charge in [0.25, 0.3) is 5.91 Å². The number of nitrogens with one attached hydrogen (secondary N) is 1. The highest BCUT2D eigenvalue weighted by Gasteiger charge is 2.28. The van der Waals surface area contributed by atoms with Crippen molar-refractivity contribution in [1.82, 2.24) is 5.32 Å². The Morgan fingerprint density at radius 1 is 0.930 bits per heavy atom. The summed E-state index contributed by atoms with van der Waals surface area (Å²) in [5.74, 6) is 3.28. The number of hydrogen-bond acceptors (Lipinski definition) is 8. The predicted molar refractivity (Wildman–Crippen MR) is 165 cm³/mol. The minimum atomic E-state index is -0.0353. The van der Waals surface area contributed by atoms with E-state index < -0.39 is 0 Å². The van der Waals surface area contributed by atoms with Gasteiger partial charge in [0.15, 0.2) is 18.1 Å². The van der Waals surface area contributed by atoms with Gasteiger partial charge in [-0.25, -0.2) is 0 Å². The quantitative estimate of drug-likeness (QED) is 0.249. The molecule has 0 spiro atoms. The van der Waals surface area contributed by atoms with E-state index in [1.807, 2.05) is 54.6 Å². The van der Waals surface area contributed by atoms with Crippen LogP contribution in [-0.2, 0) is 20.9 Å². The zero-order valence-corrected chi connectivity index (χ0v) is 25.1. The fourth-order valence-electron chi connectivity index (χ4n) is 5.52. The average Bonchev–Trinajstić information content (AvgIpc) is 3.05. The largest absolute Gasteiger partial charge is 0.493 e. The van der Waals surface area contributed by atoms with E-state index in [-0.39, 0.29) is 24.5 Å². The predicted octanol–water partition coefficient (Wildman–Crippen LogP) is 4.97. The number of carbonyl (C=O) groups is 1. The van der Waals surface area contributed by atoms with Crippen molar-refractivity contribution in [3.63, 3.8) is 0 Å². The van der Waals surface area contributed by atoms with Gasteiger partial charge in [-0.2, -0.15) is 0 Å². The second kappa shape index (κ2) is 15.6. The minimum Gasteiger partial charge on any atom is -0.493 e. The summed E-state index contributed by atoms with van der Waals surface area (Å²) < 4.78 is 34.5. The number of ether oxygens (including phenoxy) is 6. The molecule has 2 aliphatic heterocycles. The summed E-state index contributed by atoms with van der Waals surface area (Å²) in [6, 6.07) is 22.0. The van der Waals surface area contributed by atoms with Crippen molar-refractivity contribution in [2.75, 3.05) is 65.2 Å². The van der Waals surface area contributed by atoms with Gasteiger partial charge in [-0.1, -0.05) is 30.3 Å². The molecule has 0 radical (unpaired) electrons. The third kappa shape index (κ3) is 8.19. The molecule has 1 fully saturated rings. The fraction of sp³-hybridized carbons (Fsp3) is 0.441. The van der Waals surface area contributed by atoms with E-state index in [0.717, 1.165) is 66.6 Å². The minimum absolute atomic E-state index is 0.0272. The maximum Gasteiger partial charge on any atom is 0.265 e. The molecule has 43 heavy (non-hydrogen) atoms. The number of nitrogens with zero attached hydrogens (tertiary/aromatic N) is 1. The zero-order valence-electron chi connectivity index (χ0n) is 25.1. The van der Waals surface area contributed by atoms with Crippen molar-refractivity contribution >= 4 is 11.6 Å². The van der Waals surface area contributed by atoms with Crippen LogP contribution in [0.15, 0.2) is 66.7 Å². The number of piperidine rings is 1. The van der Waals surface area contributed by atoms with Crippen LogP contribution in [0.2, 0.25) is 0 Å². The molecule has 1 saturated heterocycles. The molecule has 2 atom stereocenters. The molecule has 1 N–H and O–H groups in total. The smallest absolute Gasteiger partial charge is 0.265 e. The molecule has 2 aliphatic rings. The van der Waals surface area contributed by atoms with Gasteiger partial charge in [0.1, 0.15) is 11.5 Å². The van der Waals surface area contributed by atoms with E-state index in [9.17, 15) is 4.79 Å². The Bertz CT molecular complexity index is 1320. The lowest BCUT2D eigenvalue weighted by atomic mass is 9.87. The van der Waals surface area contributed by atoms with Crippen LogP contribution >= 0.6 is 0 Å². The third-order valence-corrected chi connectivity index (χ3v) is 7.78. The van der Waals surface area contributed by atoms with Crippen LogP contribution in [-0.4, -0.2) is 72.3 Å². The average molecular weight is 591 g/mol. The molecule has 5 rings (SSSR count). The summed E-state index contributed by atoms with van der Waals surface area (Å²) in [6.45, 7) is 4.56. The van der Waals surface area contributed by atoms with Crippen LogP contribution in [0.3, 0.4) is 0 Å². The summed E-state index contributed by atoms with van der Waals surface area (Å²) in [7, 11) is 3.31. The Hall–Kier alpha value is -3.79. The Labute approximate surface area is 254 Å². The normalized spacial score (nSPS) is 18.1. The van der Waals surface area contributed by atoms with Gasteiger partial charge in [-0.05, 0) is 66.9 Å². The SMILES string of the molecule is COCCCN1C(=O)COc2ccc(COC3CNCCC3c3ccc(OCCCOc4ccccc4OC)cc3)cc21. The van der Waals surface area contributed by atoms with E-state index in [1.54, 1.807) is 19.1 Å². The molecule has 0 saturated carbocycles. The summed E-state index contributed by atoms with van der Waals surface area (Å²) in [6.07, 6.45) is 2.54. The Morgan fingerprint density at radius 2 is 1.74 bits per heavy atom. The van der Waals surface area contributed by atoms with E-state index >= 15 is 0 Å². The Kier molecular flexibility index (Phi) is 11.1. The molecule has 0 aromatic heterocycles. The number of benzene rings is 3. The van der Waals surface area contributed by atoms with E-state index in [2.05, 4.69) is 17.4 Å². The van der Waals surface area contributed by atoms with E-state index in [1.165, 1.54) is 5.56 Å². The molecule has 3 aromatic carbocycles. The molecule has 0 bridgehead atoms. The first-order valence-electron chi connectivity index (χ1n) is 15.0. The van der Waals surface area contributed by atoms with Crippen molar-refractivity contribution < 1.29 is 33.2 Å². The fourth-order valence-corrected chi connectivity index (χ4v) is 5.52. The highest BCUT2D eigenvalue weighted by Crippen LogP contribution is 2.35. The molecular formula is C34H42N2O7. The van der Waals surface area contributed by atoms with E-state index in [4.69, 9.17) is 28.4 Å². The molecule has 2 heterocycles. The number of amides is 1. The maximum absolute atomic E-state index is 12.6. The summed E-state index contributed by atoms with van der Waals surface area (Å²) in [5, 5.41) is 3.48. The number of carbonyl (C=O) groups excluding carboxylic acids is 1. The standard InChI is InChI=1S/C34H42N2O7/c1-38-18-5-17-36-29-21-25(9-14-30(29)43-24-34(36)37)23-42-33-22-35-16-15-28(33)26-10-12-27(13-11-26)40-19-6-20-41-32-8-4-3-7-31(32)39-2/h3-4,7-14,21,28,33,35H,5-6,15-20,22-24H2,1-2H3. The summed E-state index contributed by atoms with van der Waals surface area (Å²) >= 11 is 0. The van der Waals surface area contributed by atoms with Crippen LogP contribution in [0.4, 0.5) is 5.69 Å². The number of methoxy groups -OCH3 is 2. The molecule has 9 heteroatoms. The second-order valence-electron chi connectivity index (χ2n) is 10.7. The van der Waals surface area contributed by atoms with Gasteiger partial charge in [-0.3, -0.25) is 4.79 Å². The van der Waals surface area contributed by atoms with Gasteiger partial charge in [0.05, 0.1) is 38.7 Å². The van der Waals surface area contributed by atoms with Gasteiger partial charge >= 0.3 is 0 Å². The van der Waals surface area contributed by atoms with Crippen molar-refractivity contribution in [3.05, 3.63) is 77.9 Å². The number of anilines is 1. The van der Waals surface area contributed by atoms with Crippen LogP contribution in [0, 0.1) is 0 Å². The lowest BCUT2D eigenvalue weighted by molar-refractivity contribution is -0.121. The van der Waals surface area contributed by atoms with Crippen LogP contribution in [0.5, 0.6) is 23.0 Å². The lowest BCUT2D eigenvalue weighted by Gasteiger charge is -2.33. The lowest BCUT2D eigenvalue weighted by Crippen LogP contribution is -2.41. The van der Waals surface area contributed by atoms with Crippen molar-refractivity contribution in [1.29, 1.82) is 0 Å². The van der Waals surface area contributed by atoms with Crippen molar-refractivity contribution in [2.24, 2.45) is 0 Å². The van der Waals surface area contributed by atoms with Gasteiger partial charge in [-0.15, -0.1) is 0 Å². The first kappa shape index (κ1) is 30.7. The monoisotopic (exact) mass is 590 g/mol. The maximum atomic E-state index is 12.6. The van der Waals surface area contributed by atoms with Crippen LogP contribution in [0.25, 0.3) is 0 Å². The second-order valence-corrected chi connectivity index (χ2v) is 10.7. The van der Waals surface area contributed by atoms with Crippen molar-refractivity contribution in [2.45, 2.75) is 37.9 Å². The Morgan fingerprint density at radius 3 is 2.56 bits per heavy atom. The van der Waals surface area contributed by atoms with Gasteiger partial charge in [0.2, 0.25) is 0 Å². The summed E-state index contributed by atoms with van der Waals surface area (Å²) in [5.41, 5.74) is 3.05. The Balaban J connectivity index is 1.12. The number of rotatable bonds is 15. The molecule has 3 aromatic rings. The first-order valence-corrected chi connectivity index (χ1v) is 15.0. The summed E-state index contributed by atoms with van der Waals surface area (Å²) in [4.78, 5) is 14.4. The topological polar surface area (TPSA) is 87.7 Å². The zero-order chi connectivity index (χ0) is 29.9. The number of fused-ring (bicyclic) bond motifs is 1. The molecule has 1 amide bonds. The van der Waals surface area contributed by atoms with Gasteiger partial charge in [0, 0.05) is 39.1 Å².